The minimum absolute atomic E-state index is 0.0372. The highest BCUT2D eigenvalue weighted by Crippen LogP contribution is 2.29. The highest BCUT2D eigenvalue weighted by atomic mass is 35.5. The Hall–Kier alpha value is -2.37. The SMILES string of the molecule is CCC(CC)(NCC(=O)N1CCC(C(=O)Nc2ccccc2)CC1)c1ccc(Cl)cc1. The topological polar surface area (TPSA) is 61.4 Å². The molecule has 3 rings (SSSR count). The van der Waals surface area contributed by atoms with Crippen LogP contribution in [0.5, 0.6) is 0 Å². The molecule has 1 aliphatic heterocycles. The molecule has 0 bridgehead atoms. The smallest absolute Gasteiger partial charge is 0.236 e. The van der Waals surface area contributed by atoms with Gasteiger partial charge in [0.15, 0.2) is 0 Å². The molecule has 0 spiro atoms. The van der Waals surface area contributed by atoms with Gasteiger partial charge in [0.05, 0.1) is 6.54 Å². The van der Waals surface area contributed by atoms with Crippen LogP contribution in [-0.4, -0.2) is 36.3 Å². The van der Waals surface area contributed by atoms with E-state index >= 15 is 0 Å². The van der Waals surface area contributed by atoms with Gasteiger partial charge in [-0.3, -0.25) is 14.9 Å². The number of nitrogens with one attached hydrogen (secondary N) is 2. The Bertz CT molecular complexity index is 858. The van der Waals surface area contributed by atoms with Gasteiger partial charge in [0.1, 0.15) is 0 Å². The summed E-state index contributed by atoms with van der Waals surface area (Å²) in [4.78, 5) is 27.3. The maximum Gasteiger partial charge on any atom is 0.236 e. The Balaban J connectivity index is 1.52. The fourth-order valence-electron chi connectivity index (χ4n) is 4.29. The maximum atomic E-state index is 12.9. The first kappa shape index (κ1) is 23.3. The fourth-order valence-corrected chi connectivity index (χ4v) is 4.42. The lowest BCUT2D eigenvalue weighted by Crippen LogP contribution is -2.49. The zero-order chi connectivity index (χ0) is 22.3. The van der Waals surface area contributed by atoms with Crippen molar-refractivity contribution in [3.8, 4) is 0 Å². The third kappa shape index (κ3) is 5.86. The van der Waals surface area contributed by atoms with Gasteiger partial charge in [0.25, 0.3) is 0 Å². The number of rotatable bonds is 8. The van der Waals surface area contributed by atoms with Gasteiger partial charge in [-0.05, 0) is 55.5 Å². The number of anilines is 1. The van der Waals surface area contributed by atoms with E-state index in [0.717, 1.165) is 24.1 Å². The normalized spacial score (nSPS) is 15.0. The molecule has 2 aromatic carbocycles. The van der Waals surface area contributed by atoms with Gasteiger partial charge in [-0.25, -0.2) is 0 Å². The van der Waals surface area contributed by atoms with Crippen LogP contribution in [0.1, 0.15) is 45.1 Å². The number of benzene rings is 2. The number of hydrogen-bond donors (Lipinski definition) is 2. The monoisotopic (exact) mass is 441 g/mol. The van der Waals surface area contributed by atoms with Crippen LogP contribution in [0, 0.1) is 5.92 Å². The van der Waals surface area contributed by atoms with Crippen molar-refractivity contribution in [2.45, 2.75) is 45.1 Å². The Morgan fingerprint density at radius 1 is 1.00 bits per heavy atom. The zero-order valence-electron chi connectivity index (χ0n) is 18.4. The molecule has 0 saturated carbocycles. The Morgan fingerprint density at radius 2 is 1.61 bits per heavy atom. The summed E-state index contributed by atoms with van der Waals surface area (Å²) in [6.45, 7) is 5.77. The van der Waals surface area contributed by atoms with Crippen molar-refractivity contribution in [2.75, 3.05) is 25.0 Å². The molecular formula is C25H32ClN3O2. The molecule has 1 heterocycles. The second-order valence-electron chi connectivity index (χ2n) is 8.16. The number of hydrogen-bond acceptors (Lipinski definition) is 3. The minimum atomic E-state index is -0.256. The van der Waals surface area contributed by atoms with Crippen molar-refractivity contribution in [3.05, 3.63) is 65.2 Å². The summed E-state index contributed by atoms with van der Waals surface area (Å²) in [5.74, 6) is 0.0639. The van der Waals surface area contributed by atoms with Crippen LogP contribution in [-0.2, 0) is 15.1 Å². The lowest BCUT2D eigenvalue weighted by atomic mass is 9.84. The molecule has 1 aliphatic rings. The molecule has 2 amide bonds. The van der Waals surface area contributed by atoms with Gasteiger partial charge < -0.3 is 10.2 Å². The standard InChI is InChI=1S/C25H32ClN3O2/c1-3-25(4-2,20-10-12-21(26)13-11-20)27-18-23(30)29-16-14-19(15-17-29)24(31)28-22-8-6-5-7-9-22/h5-13,19,27H,3-4,14-18H2,1-2H3,(H,28,31). The number of carbonyl (C=O) groups is 2. The zero-order valence-corrected chi connectivity index (χ0v) is 19.1. The highest BCUT2D eigenvalue weighted by Gasteiger charge is 2.31. The molecule has 0 atom stereocenters. The van der Waals surface area contributed by atoms with Crippen LogP contribution in [0.3, 0.4) is 0 Å². The summed E-state index contributed by atoms with van der Waals surface area (Å²) in [6.07, 6.45) is 3.13. The molecule has 0 radical (unpaired) electrons. The lowest BCUT2D eigenvalue weighted by Gasteiger charge is -2.36. The van der Waals surface area contributed by atoms with E-state index in [1.807, 2.05) is 59.5 Å². The molecule has 0 aliphatic carbocycles. The molecule has 2 N–H and O–H groups in total. The molecule has 2 aromatic rings. The summed E-state index contributed by atoms with van der Waals surface area (Å²) in [5, 5.41) is 7.20. The number of amides is 2. The van der Waals surface area contributed by atoms with E-state index in [0.29, 0.717) is 31.0 Å². The van der Waals surface area contributed by atoms with Gasteiger partial charge in [-0.15, -0.1) is 0 Å². The van der Waals surface area contributed by atoms with Crippen LogP contribution in [0.15, 0.2) is 54.6 Å². The van der Waals surface area contributed by atoms with Gasteiger partial charge in [0.2, 0.25) is 11.8 Å². The number of piperidine rings is 1. The number of nitrogens with zero attached hydrogens (tertiary/aromatic N) is 1. The summed E-state index contributed by atoms with van der Waals surface area (Å²) in [7, 11) is 0. The minimum Gasteiger partial charge on any atom is -0.342 e. The van der Waals surface area contributed by atoms with E-state index in [1.165, 1.54) is 0 Å². The third-order valence-electron chi connectivity index (χ3n) is 6.44. The molecule has 5 nitrogen and oxygen atoms in total. The molecule has 1 saturated heterocycles. The number of para-hydroxylation sites is 1. The fraction of sp³-hybridized carbons (Fsp3) is 0.440. The number of halogens is 1. The van der Waals surface area contributed by atoms with Crippen LogP contribution >= 0.6 is 11.6 Å². The van der Waals surface area contributed by atoms with Crippen molar-refractivity contribution in [3.63, 3.8) is 0 Å². The average Bonchev–Trinajstić information content (AvgIpc) is 2.81. The van der Waals surface area contributed by atoms with Gasteiger partial charge in [-0.2, -0.15) is 0 Å². The van der Waals surface area contributed by atoms with Crippen molar-refractivity contribution >= 4 is 29.1 Å². The molecule has 166 valence electrons. The first-order valence-corrected chi connectivity index (χ1v) is 11.5. The van der Waals surface area contributed by atoms with Gasteiger partial charge in [-0.1, -0.05) is 55.8 Å². The second kappa shape index (κ2) is 10.8. The van der Waals surface area contributed by atoms with E-state index in [2.05, 4.69) is 24.5 Å². The Morgan fingerprint density at radius 3 is 2.19 bits per heavy atom. The first-order valence-electron chi connectivity index (χ1n) is 11.1. The Kier molecular flexibility index (Phi) is 8.10. The summed E-state index contributed by atoms with van der Waals surface area (Å²) < 4.78 is 0. The maximum absolute atomic E-state index is 12.9. The van der Waals surface area contributed by atoms with Crippen molar-refractivity contribution < 1.29 is 9.59 Å². The van der Waals surface area contributed by atoms with Crippen molar-refractivity contribution in [2.24, 2.45) is 5.92 Å². The van der Waals surface area contributed by atoms with Crippen LogP contribution in [0.2, 0.25) is 5.02 Å². The predicted molar refractivity (Wildman–Crippen MR) is 126 cm³/mol. The van der Waals surface area contributed by atoms with Gasteiger partial charge in [0, 0.05) is 35.3 Å². The average molecular weight is 442 g/mol. The van der Waals surface area contributed by atoms with Crippen LogP contribution in [0.25, 0.3) is 0 Å². The predicted octanol–water partition coefficient (Wildman–Crippen LogP) is 4.82. The molecule has 6 heteroatoms. The molecule has 1 fully saturated rings. The van der Waals surface area contributed by atoms with Crippen LogP contribution in [0.4, 0.5) is 5.69 Å². The Labute approximate surface area is 190 Å². The van der Waals surface area contributed by atoms with E-state index in [4.69, 9.17) is 11.6 Å². The molecule has 31 heavy (non-hydrogen) atoms. The summed E-state index contributed by atoms with van der Waals surface area (Å²) in [6, 6.07) is 17.4. The quantitative estimate of drug-likeness (QED) is 0.617. The second-order valence-corrected chi connectivity index (χ2v) is 8.60. The number of likely N-dealkylation sites (tertiary alicyclic amines) is 1. The lowest BCUT2D eigenvalue weighted by molar-refractivity contribution is -0.134. The highest BCUT2D eigenvalue weighted by molar-refractivity contribution is 6.30. The van der Waals surface area contributed by atoms with E-state index in [9.17, 15) is 9.59 Å². The molecule has 0 aromatic heterocycles. The van der Waals surface area contributed by atoms with Crippen molar-refractivity contribution in [1.82, 2.24) is 10.2 Å². The van der Waals surface area contributed by atoms with Crippen LogP contribution < -0.4 is 10.6 Å². The molecular weight excluding hydrogens is 410 g/mol. The third-order valence-corrected chi connectivity index (χ3v) is 6.69. The van der Waals surface area contributed by atoms with Gasteiger partial charge >= 0.3 is 0 Å². The number of carbonyl (C=O) groups excluding carboxylic acids is 2. The molecule has 0 unspecified atom stereocenters. The van der Waals surface area contributed by atoms with E-state index in [1.54, 1.807) is 0 Å². The van der Waals surface area contributed by atoms with E-state index < -0.39 is 0 Å². The summed E-state index contributed by atoms with van der Waals surface area (Å²) in [5.41, 5.74) is 1.70. The van der Waals surface area contributed by atoms with E-state index in [-0.39, 0.29) is 29.8 Å². The first-order chi connectivity index (χ1) is 15.0. The largest absolute Gasteiger partial charge is 0.342 e. The van der Waals surface area contributed by atoms with Crippen molar-refractivity contribution in [1.29, 1.82) is 0 Å². The summed E-state index contributed by atoms with van der Waals surface area (Å²) >= 11 is 6.05.